The van der Waals surface area contributed by atoms with Crippen LogP contribution in [-0.2, 0) is 0 Å². The molecule has 0 amide bonds. The van der Waals surface area contributed by atoms with E-state index < -0.39 is 0 Å². The van der Waals surface area contributed by atoms with Crippen molar-refractivity contribution in [2.75, 3.05) is 0 Å². The molecule has 3 aromatic rings. The van der Waals surface area contributed by atoms with E-state index in [2.05, 4.69) is 49.4 Å². The van der Waals surface area contributed by atoms with Crippen LogP contribution in [-0.4, -0.2) is 4.98 Å². The van der Waals surface area contributed by atoms with Crippen molar-refractivity contribution in [3.63, 3.8) is 0 Å². The molecule has 0 spiro atoms. The van der Waals surface area contributed by atoms with Gasteiger partial charge in [-0.2, -0.15) is 0 Å². The molecule has 0 atom stereocenters. The lowest BCUT2D eigenvalue weighted by molar-refractivity contribution is 1.40. The van der Waals surface area contributed by atoms with E-state index in [9.17, 15) is 0 Å². The summed E-state index contributed by atoms with van der Waals surface area (Å²) in [7, 11) is 0. The van der Waals surface area contributed by atoms with Crippen LogP contribution in [0.3, 0.4) is 0 Å². The number of rotatable bonds is 2. The fraction of sp³-hybridized carbons (Fsp3) is 0. The number of aromatic nitrogens is 1. The lowest BCUT2D eigenvalue weighted by atomic mass is 10.2. The van der Waals surface area contributed by atoms with Gasteiger partial charge in [-0.3, -0.25) is 0 Å². The average Bonchev–Trinajstić information content (AvgIpc) is 2.88. The van der Waals surface area contributed by atoms with E-state index in [1.54, 1.807) is 11.3 Å². The number of hydrogen-bond donors (Lipinski definition) is 0. The van der Waals surface area contributed by atoms with Gasteiger partial charge >= 0.3 is 0 Å². The Kier molecular flexibility index (Phi) is 4.26. The third-order valence-electron chi connectivity index (χ3n) is 2.75. The SMILES string of the molecule is Clc1ccc(-c2csc(-c3cc(Br)cc(Br)c3)n2)cc1. The maximum atomic E-state index is 5.91. The first-order valence-corrected chi connectivity index (χ1v) is 8.64. The Morgan fingerprint density at radius 2 is 1.55 bits per heavy atom. The highest BCUT2D eigenvalue weighted by molar-refractivity contribution is 9.11. The molecule has 0 aliphatic carbocycles. The van der Waals surface area contributed by atoms with E-state index in [-0.39, 0.29) is 0 Å². The van der Waals surface area contributed by atoms with E-state index in [0.29, 0.717) is 0 Å². The van der Waals surface area contributed by atoms with Crippen molar-refractivity contribution in [2.24, 2.45) is 0 Å². The van der Waals surface area contributed by atoms with Crippen LogP contribution >= 0.6 is 54.8 Å². The molecule has 0 bridgehead atoms. The first kappa shape index (κ1) is 14.3. The second kappa shape index (κ2) is 5.98. The first-order valence-electron chi connectivity index (χ1n) is 5.80. The smallest absolute Gasteiger partial charge is 0.124 e. The Morgan fingerprint density at radius 1 is 0.900 bits per heavy atom. The fourth-order valence-corrected chi connectivity index (χ4v) is 4.07. The molecule has 1 aromatic heterocycles. The van der Waals surface area contributed by atoms with Crippen LogP contribution in [0.1, 0.15) is 0 Å². The van der Waals surface area contributed by atoms with Gasteiger partial charge in [0.15, 0.2) is 0 Å². The predicted molar refractivity (Wildman–Crippen MR) is 93.4 cm³/mol. The Balaban J connectivity index is 1.99. The summed E-state index contributed by atoms with van der Waals surface area (Å²) in [4.78, 5) is 4.70. The Bertz CT molecular complexity index is 733. The van der Waals surface area contributed by atoms with Crippen LogP contribution in [0.5, 0.6) is 0 Å². The van der Waals surface area contributed by atoms with E-state index in [0.717, 1.165) is 35.8 Å². The summed E-state index contributed by atoms with van der Waals surface area (Å²) in [6.07, 6.45) is 0. The lowest BCUT2D eigenvalue weighted by Gasteiger charge is -2.00. The Hall–Kier alpha value is -0.680. The van der Waals surface area contributed by atoms with Crippen molar-refractivity contribution < 1.29 is 0 Å². The van der Waals surface area contributed by atoms with Gasteiger partial charge in [-0.25, -0.2) is 4.98 Å². The zero-order valence-corrected chi connectivity index (χ0v) is 14.9. The maximum Gasteiger partial charge on any atom is 0.124 e. The van der Waals surface area contributed by atoms with Gasteiger partial charge in [0.1, 0.15) is 5.01 Å². The Labute approximate surface area is 142 Å². The van der Waals surface area contributed by atoms with Crippen LogP contribution in [0.4, 0.5) is 0 Å². The molecule has 1 heterocycles. The molecule has 20 heavy (non-hydrogen) atoms. The minimum Gasteiger partial charge on any atom is -0.236 e. The first-order chi connectivity index (χ1) is 9.61. The highest BCUT2D eigenvalue weighted by Gasteiger charge is 2.08. The highest BCUT2D eigenvalue weighted by Crippen LogP contribution is 2.32. The minimum atomic E-state index is 0.736. The summed E-state index contributed by atoms with van der Waals surface area (Å²) in [5.74, 6) is 0. The molecule has 5 heteroatoms. The third-order valence-corrected chi connectivity index (χ3v) is 4.81. The normalized spacial score (nSPS) is 10.8. The Morgan fingerprint density at radius 3 is 2.20 bits per heavy atom. The predicted octanol–water partition coefficient (Wildman–Crippen LogP) is 6.66. The van der Waals surface area contributed by atoms with Crippen LogP contribution in [0.25, 0.3) is 21.8 Å². The van der Waals surface area contributed by atoms with E-state index in [4.69, 9.17) is 16.6 Å². The minimum absolute atomic E-state index is 0.736. The largest absolute Gasteiger partial charge is 0.236 e. The van der Waals surface area contributed by atoms with Gasteiger partial charge in [0.2, 0.25) is 0 Å². The van der Waals surface area contributed by atoms with Gasteiger partial charge in [0, 0.05) is 30.5 Å². The molecule has 100 valence electrons. The number of halogens is 3. The van der Waals surface area contributed by atoms with Crippen LogP contribution in [0.2, 0.25) is 5.02 Å². The fourth-order valence-electron chi connectivity index (χ4n) is 1.84. The molecule has 0 radical (unpaired) electrons. The highest BCUT2D eigenvalue weighted by atomic mass is 79.9. The zero-order valence-electron chi connectivity index (χ0n) is 10.1. The number of nitrogens with zero attached hydrogens (tertiary/aromatic N) is 1. The molecule has 0 unspecified atom stereocenters. The second-order valence-corrected chi connectivity index (χ2v) is 7.33. The molecule has 1 nitrogen and oxygen atoms in total. The molecule has 0 N–H and O–H groups in total. The van der Waals surface area contributed by atoms with Crippen LogP contribution in [0.15, 0.2) is 56.8 Å². The summed E-state index contributed by atoms with van der Waals surface area (Å²) >= 11 is 14.5. The molecular formula is C15H8Br2ClNS. The number of thiazole rings is 1. The summed E-state index contributed by atoms with van der Waals surface area (Å²) in [5.41, 5.74) is 3.14. The number of hydrogen-bond acceptors (Lipinski definition) is 2. The zero-order chi connectivity index (χ0) is 14.1. The maximum absolute atomic E-state index is 5.91. The van der Waals surface area contributed by atoms with Gasteiger partial charge in [0.25, 0.3) is 0 Å². The molecule has 0 saturated carbocycles. The van der Waals surface area contributed by atoms with Gasteiger partial charge in [0.05, 0.1) is 5.69 Å². The molecular weight excluding hydrogens is 422 g/mol. The van der Waals surface area contributed by atoms with Crippen molar-refractivity contribution >= 4 is 54.8 Å². The summed E-state index contributed by atoms with van der Waals surface area (Å²) < 4.78 is 2.07. The molecule has 0 fully saturated rings. The van der Waals surface area contributed by atoms with Crippen molar-refractivity contribution in [3.8, 4) is 21.8 Å². The van der Waals surface area contributed by atoms with E-state index >= 15 is 0 Å². The topological polar surface area (TPSA) is 12.9 Å². The van der Waals surface area contributed by atoms with Crippen molar-refractivity contribution in [1.29, 1.82) is 0 Å². The summed E-state index contributed by atoms with van der Waals surface area (Å²) in [5, 5.41) is 3.80. The quantitative estimate of drug-likeness (QED) is 0.444. The van der Waals surface area contributed by atoms with Crippen molar-refractivity contribution in [3.05, 3.63) is 61.8 Å². The molecule has 2 aromatic carbocycles. The third kappa shape index (κ3) is 3.14. The molecule has 3 rings (SSSR count). The molecule has 0 aliphatic rings. The van der Waals surface area contributed by atoms with Gasteiger partial charge in [-0.15, -0.1) is 11.3 Å². The van der Waals surface area contributed by atoms with Gasteiger partial charge in [-0.1, -0.05) is 55.6 Å². The average molecular weight is 430 g/mol. The summed E-state index contributed by atoms with van der Waals surface area (Å²) in [6.45, 7) is 0. The lowest BCUT2D eigenvalue weighted by Crippen LogP contribution is -1.80. The monoisotopic (exact) mass is 427 g/mol. The summed E-state index contributed by atoms with van der Waals surface area (Å²) in [6, 6.07) is 13.9. The van der Waals surface area contributed by atoms with E-state index in [1.807, 2.05) is 30.3 Å². The molecule has 0 aliphatic heterocycles. The number of benzene rings is 2. The van der Waals surface area contributed by atoms with Crippen LogP contribution in [0, 0.1) is 0 Å². The van der Waals surface area contributed by atoms with Crippen molar-refractivity contribution in [2.45, 2.75) is 0 Å². The van der Waals surface area contributed by atoms with Gasteiger partial charge < -0.3 is 0 Å². The second-order valence-electron chi connectivity index (χ2n) is 4.20. The van der Waals surface area contributed by atoms with Crippen LogP contribution < -0.4 is 0 Å². The van der Waals surface area contributed by atoms with Crippen molar-refractivity contribution in [1.82, 2.24) is 4.98 Å². The van der Waals surface area contributed by atoms with Gasteiger partial charge in [-0.05, 0) is 30.3 Å². The standard InChI is InChI=1S/C15H8Br2ClNS/c16-11-5-10(6-12(17)7-11)15-19-14(8-20-15)9-1-3-13(18)4-2-9/h1-8H. The molecule has 0 saturated heterocycles. The van der Waals surface area contributed by atoms with E-state index in [1.165, 1.54) is 0 Å².